The Morgan fingerprint density at radius 1 is 0.951 bits per heavy atom. The molecule has 0 bridgehead atoms. The van der Waals surface area contributed by atoms with E-state index >= 15 is 0 Å². The van der Waals surface area contributed by atoms with E-state index < -0.39 is 0 Å². The number of nitrogens with one attached hydrogen (secondary N) is 2. The summed E-state index contributed by atoms with van der Waals surface area (Å²) >= 11 is 7.61. The van der Waals surface area contributed by atoms with Gasteiger partial charge < -0.3 is 15.4 Å². The van der Waals surface area contributed by atoms with Crippen LogP contribution in [-0.4, -0.2) is 55.3 Å². The molecule has 0 aliphatic carbocycles. The smallest absolute Gasteiger partial charge is 0.326 e. The predicted octanol–water partition coefficient (Wildman–Crippen LogP) is 7.73. The van der Waals surface area contributed by atoms with E-state index in [1.54, 1.807) is 40.5 Å². The van der Waals surface area contributed by atoms with Crippen LogP contribution >= 0.6 is 22.9 Å². The number of morpholine rings is 1. The zero-order valence-corrected chi connectivity index (χ0v) is 24.0. The van der Waals surface area contributed by atoms with E-state index in [9.17, 15) is 4.79 Å². The zero-order chi connectivity index (χ0) is 28.0. The second-order valence-electron chi connectivity index (χ2n) is 9.75. The van der Waals surface area contributed by atoms with Gasteiger partial charge in [0.1, 0.15) is 0 Å². The highest BCUT2D eigenvalue weighted by Crippen LogP contribution is 2.35. The standard InChI is InChI=1S/C32H30ClN5O2S/c33-24-10-12-25(13-11-24)34-32(39)38(17-16-37-18-20-40-21-19-37)26-14-15-29-30(22-26)41-31(36-29)35-28-9-5-4-8-27(28)23-6-2-1-3-7-23/h1-15,22H,16-21H2,(H,34,39)(H,35,36). The molecule has 1 fully saturated rings. The lowest BCUT2D eigenvalue weighted by molar-refractivity contribution is 0.0393. The number of thiazole rings is 1. The van der Waals surface area contributed by atoms with Gasteiger partial charge in [0.2, 0.25) is 0 Å². The number of carbonyl (C=O) groups excluding carboxylic acids is 1. The van der Waals surface area contributed by atoms with Gasteiger partial charge in [0.15, 0.2) is 5.13 Å². The molecule has 9 heteroatoms. The van der Waals surface area contributed by atoms with Gasteiger partial charge >= 0.3 is 6.03 Å². The van der Waals surface area contributed by atoms with Crippen LogP contribution in [0.25, 0.3) is 21.3 Å². The number of fused-ring (bicyclic) bond motifs is 1. The summed E-state index contributed by atoms with van der Waals surface area (Å²) in [6, 6.07) is 31.5. The molecule has 2 N–H and O–H groups in total. The van der Waals surface area contributed by atoms with Gasteiger partial charge in [-0.05, 0) is 54.1 Å². The van der Waals surface area contributed by atoms with Gasteiger partial charge in [0, 0.05) is 53.8 Å². The summed E-state index contributed by atoms with van der Waals surface area (Å²) in [7, 11) is 0. The Balaban J connectivity index is 1.25. The number of nitrogens with zero attached hydrogens (tertiary/aromatic N) is 3. The molecule has 2 heterocycles. The number of halogens is 1. The molecule has 6 rings (SSSR count). The number of anilines is 4. The maximum absolute atomic E-state index is 13.5. The molecule has 0 atom stereocenters. The van der Waals surface area contributed by atoms with Crippen LogP contribution in [0.15, 0.2) is 97.1 Å². The first-order valence-electron chi connectivity index (χ1n) is 13.6. The number of hydrogen-bond donors (Lipinski definition) is 2. The number of ether oxygens (including phenoxy) is 1. The molecule has 208 valence electrons. The van der Waals surface area contributed by atoms with E-state index in [4.69, 9.17) is 21.3 Å². The van der Waals surface area contributed by atoms with E-state index in [2.05, 4.69) is 39.8 Å². The van der Waals surface area contributed by atoms with Crippen molar-refractivity contribution >= 4 is 61.4 Å². The minimum atomic E-state index is -0.195. The summed E-state index contributed by atoms with van der Waals surface area (Å²) in [4.78, 5) is 22.5. The summed E-state index contributed by atoms with van der Waals surface area (Å²) in [6.45, 7) is 4.44. The van der Waals surface area contributed by atoms with E-state index in [0.717, 1.165) is 57.5 Å². The largest absolute Gasteiger partial charge is 0.379 e. The molecule has 5 aromatic rings. The third-order valence-electron chi connectivity index (χ3n) is 7.02. The van der Waals surface area contributed by atoms with Crippen LogP contribution in [0.4, 0.5) is 27.0 Å². The Kier molecular flexibility index (Phi) is 8.44. The van der Waals surface area contributed by atoms with Crippen LogP contribution in [0.3, 0.4) is 0 Å². The van der Waals surface area contributed by atoms with Gasteiger partial charge in [-0.25, -0.2) is 9.78 Å². The van der Waals surface area contributed by atoms with E-state index in [1.807, 2.05) is 48.5 Å². The van der Waals surface area contributed by atoms with Gasteiger partial charge in [-0.15, -0.1) is 0 Å². The first-order valence-corrected chi connectivity index (χ1v) is 14.8. The SMILES string of the molecule is O=C(Nc1ccc(Cl)cc1)N(CCN1CCOCC1)c1ccc2nc(Nc3ccccc3-c3ccccc3)sc2c1. The van der Waals surface area contributed by atoms with Gasteiger partial charge in [-0.3, -0.25) is 9.80 Å². The van der Waals surface area contributed by atoms with Crippen LogP contribution in [0, 0.1) is 0 Å². The fourth-order valence-corrected chi connectivity index (χ4v) is 5.89. The maximum atomic E-state index is 13.5. The minimum Gasteiger partial charge on any atom is -0.379 e. The fraction of sp³-hybridized carbons (Fsp3) is 0.188. The van der Waals surface area contributed by atoms with Crippen LogP contribution in [0.5, 0.6) is 0 Å². The molecule has 7 nitrogen and oxygen atoms in total. The molecule has 0 spiro atoms. The van der Waals surface area contributed by atoms with Crippen LogP contribution in [-0.2, 0) is 4.74 Å². The molecular formula is C32H30ClN5O2S. The number of benzene rings is 4. The van der Waals surface area contributed by atoms with Crippen molar-refractivity contribution in [1.82, 2.24) is 9.88 Å². The second-order valence-corrected chi connectivity index (χ2v) is 11.2. The van der Waals surface area contributed by atoms with Crippen molar-refractivity contribution in [2.75, 3.05) is 54.9 Å². The topological polar surface area (TPSA) is 69.7 Å². The second kappa shape index (κ2) is 12.7. The average Bonchev–Trinajstić information content (AvgIpc) is 3.41. The average molecular weight is 584 g/mol. The van der Waals surface area contributed by atoms with Crippen molar-refractivity contribution < 1.29 is 9.53 Å². The molecule has 2 amide bonds. The van der Waals surface area contributed by atoms with E-state index in [-0.39, 0.29) is 6.03 Å². The summed E-state index contributed by atoms with van der Waals surface area (Å²) < 4.78 is 6.49. The van der Waals surface area contributed by atoms with Crippen molar-refractivity contribution in [3.8, 4) is 11.1 Å². The lowest BCUT2D eigenvalue weighted by atomic mass is 10.0. The normalized spacial score (nSPS) is 13.7. The van der Waals surface area contributed by atoms with Crippen molar-refractivity contribution in [1.29, 1.82) is 0 Å². The minimum absolute atomic E-state index is 0.195. The molecule has 0 saturated carbocycles. The Labute approximate surface area is 248 Å². The van der Waals surface area contributed by atoms with Crippen LogP contribution in [0.1, 0.15) is 0 Å². The van der Waals surface area contributed by atoms with E-state index in [0.29, 0.717) is 30.5 Å². The Morgan fingerprint density at radius 3 is 2.51 bits per heavy atom. The maximum Gasteiger partial charge on any atom is 0.326 e. The zero-order valence-electron chi connectivity index (χ0n) is 22.4. The molecule has 0 unspecified atom stereocenters. The highest BCUT2D eigenvalue weighted by atomic mass is 35.5. The molecule has 41 heavy (non-hydrogen) atoms. The van der Waals surface area contributed by atoms with Crippen LogP contribution in [0.2, 0.25) is 5.02 Å². The molecule has 4 aromatic carbocycles. The predicted molar refractivity (Wildman–Crippen MR) is 170 cm³/mol. The Morgan fingerprint density at radius 2 is 1.71 bits per heavy atom. The molecule has 0 radical (unpaired) electrons. The first kappa shape index (κ1) is 27.2. The molecule has 1 aliphatic heterocycles. The first-order chi connectivity index (χ1) is 20.1. The highest BCUT2D eigenvalue weighted by Gasteiger charge is 2.20. The third kappa shape index (κ3) is 6.69. The molecule has 1 aliphatic rings. The van der Waals surface area contributed by atoms with Crippen LogP contribution < -0.4 is 15.5 Å². The summed E-state index contributed by atoms with van der Waals surface area (Å²) in [5.74, 6) is 0. The van der Waals surface area contributed by atoms with Gasteiger partial charge in [0.05, 0.1) is 23.4 Å². The summed E-state index contributed by atoms with van der Waals surface area (Å²) in [6.07, 6.45) is 0. The van der Waals surface area contributed by atoms with Crippen molar-refractivity contribution in [2.45, 2.75) is 0 Å². The van der Waals surface area contributed by atoms with Crippen molar-refractivity contribution in [2.24, 2.45) is 0 Å². The van der Waals surface area contributed by atoms with Gasteiger partial charge in [0.25, 0.3) is 0 Å². The Hall–Kier alpha value is -3.95. The number of rotatable bonds is 8. The molecule has 1 saturated heterocycles. The van der Waals surface area contributed by atoms with Gasteiger partial charge in [-0.1, -0.05) is 71.5 Å². The number of aromatic nitrogens is 1. The van der Waals surface area contributed by atoms with Crippen molar-refractivity contribution in [3.05, 3.63) is 102 Å². The number of amides is 2. The third-order valence-corrected chi connectivity index (χ3v) is 8.21. The number of urea groups is 1. The summed E-state index contributed by atoms with van der Waals surface area (Å²) in [5, 5.41) is 7.97. The Bertz CT molecular complexity index is 1620. The number of para-hydroxylation sites is 1. The molecular weight excluding hydrogens is 554 g/mol. The lowest BCUT2D eigenvalue weighted by Gasteiger charge is -2.30. The lowest BCUT2D eigenvalue weighted by Crippen LogP contribution is -2.44. The fourth-order valence-electron chi connectivity index (χ4n) is 4.85. The van der Waals surface area contributed by atoms with E-state index in [1.165, 1.54) is 0 Å². The van der Waals surface area contributed by atoms with Crippen molar-refractivity contribution in [3.63, 3.8) is 0 Å². The monoisotopic (exact) mass is 583 g/mol. The highest BCUT2D eigenvalue weighted by molar-refractivity contribution is 7.22. The summed E-state index contributed by atoms with van der Waals surface area (Å²) in [5.41, 5.74) is 5.63. The molecule has 1 aromatic heterocycles. The number of hydrogen-bond acceptors (Lipinski definition) is 6. The number of carbonyl (C=O) groups is 1. The quantitative estimate of drug-likeness (QED) is 0.196. The van der Waals surface area contributed by atoms with Gasteiger partial charge in [-0.2, -0.15) is 0 Å².